The van der Waals surface area contributed by atoms with Crippen LogP contribution >= 0.6 is 0 Å². The Hall–Kier alpha value is -3.93. The van der Waals surface area contributed by atoms with Gasteiger partial charge in [-0.3, -0.25) is 4.79 Å². The standard InChI is InChI=1S/C31H31BNO4/c1-18(2)12-13-21-8-7-10-22(26(21)17-33)29-16-28(34)25-15-19(3)14-24(30(25)37-29)20(4)32-27-11-6-5-9-23(27)31(35)36/h5-11,14-18,20,33H,12-13H2,1-4H3,(H,35,36). The van der Waals surface area contributed by atoms with Gasteiger partial charge in [0, 0.05) is 23.4 Å². The Balaban J connectivity index is 1.85. The van der Waals surface area contributed by atoms with Gasteiger partial charge < -0.3 is 14.9 Å². The number of carboxylic acid groups (broad SMARTS) is 1. The fourth-order valence-electron chi connectivity index (χ4n) is 4.76. The van der Waals surface area contributed by atoms with Crippen LogP contribution in [0.25, 0.3) is 22.3 Å². The van der Waals surface area contributed by atoms with Gasteiger partial charge in [0.2, 0.25) is 0 Å². The molecule has 0 aliphatic rings. The van der Waals surface area contributed by atoms with E-state index in [1.807, 2.05) is 57.5 Å². The molecule has 0 fully saturated rings. The first-order valence-corrected chi connectivity index (χ1v) is 12.6. The quantitative estimate of drug-likeness (QED) is 0.217. The number of carboxylic acids is 1. The summed E-state index contributed by atoms with van der Waals surface area (Å²) < 4.78 is 6.43. The Morgan fingerprint density at radius 2 is 1.84 bits per heavy atom. The topological polar surface area (TPSA) is 91.4 Å². The normalized spacial score (nSPS) is 12.0. The second-order valence-electron chi connectivity index (χ2n) is 10.0. The van der Waals surface area contributed by atoms with Crippen LogP contribution in [0.1, 0.15) is 65.6 Å². The molecule has 187 valence electrons. The SMILES string of the molecule is Cc1cc(C(C)[B]c2ccccc2C(=O)O)c2oc(-c3cccc(CCC(C)C)c3C=N)cc(=O)c2c1. The smallest absolute Gasteiger partial charge is 0.335 e. The van der Waals surface area contributed by atoms with E-state index in [-0.39, 0.29) is 16.8 Å². The Kier molecular flexibility index (Phi) is 7.77. The molecule has 1 radical (unpaired) electrons. The summed E-state index contributed by atoms with van der Waals surface area (Å²) in [6.45, 7) is 8.24. The predicted octanol–water partition coefficient (Wildman–Crippen LogP) is 6.14. The largest absolute Gasteiger partial charge is 0.478 e. The van der Waals surface area contributed by atoms with E-state index in [1.54, 1.807) is 18.2 Å². The molecule has 0 aliphatic heterocycles. The van der Waals surface area contributed by atoms with Gasteiger partial charge in [-0.05, 0) is 60.3 Å². The second kappa shape index (κ2) is 11.0. The molecule has 1 unspecified atom stereocenters. The van der Waals surface area contributed by atoms with Gasteiger partial charge in [0.15, 0.2) is 12.7 Å². The molecule has 0 bridgehead atoms. The van der Waals surface area contributed by atoms with Crippen molar-refractivity contribution in [3.63, 3.8) is 0 Å². The Bertz CT molecular complexity index is 1540. The Labute approximate surface area is 217 Å². The lowest BCUT2D eigenvalue weighted by molar-refractivity contribution is 0.0698. The Morgan fingerprint density at radius 1 is 1.08 bits per heavy atom. The van der Waals surface area contributed by atoms with Crippen LogP contribution in [0, 0.1) is 18.3 Å². The highest BCUT2D eigenvalue weighted by Crippen LogP contribution is 2.32. The summed E-state index contributed by atoms with van der Waals surface area (Å²) in [5.74, 6) is -0.249. The number of carbonyl (C=O) groups is 1. The van der Waals surface area contributed by atoms with Crippen LogP contribution in [0.5, 0.6) is 0 Å². The Morgan fingerprint density at radius 3 is 2.54 bits per heavy atom. The van der Waals surface area contributed by atoms with Gasteiger partial charge >= 0.3 is 5.97 Å². The zero-order valence-corrected chi connectivity index (χ0v) is 21.7. The molecule has 4 rings (SSSR count). The van der Waals surface area contributed by atoms with Crippen molar-refractivity contribution < 1.29 is 14.3 Å². The van der Waals surface area contributed by atoms with Crippen molar-refractivity contribution in [3.05, 3.63) is 98.7 Å². The lowest BCUT2D eigenvalue weighted by atomic mass is 9.56. The molecule has 1 atom stereocenters. The first kappa shape index (κ1) is 26.1. The van der Waals surface area contributed by atoms with E-state index in [9.17, 15) is 14.7 Å². The van der Waals surface area contributed by atoms with E-state index in [0.717, 1.165) is 40.7 Å². The molecule has 5 nitrogen and oxygen atoms in total. The van der Waals surface area contributed by atoms with Crippen LogP contribution in [-0.2, 0) is 6.42 Å². The van der Waals surface area contributed by atoms with Crippen LogP contribution in [-0.4, -0.2) is 24.6 Å². The zero-order chi connectivity index (χ0) is 26.7. The van der Waals surface area contributed by atoms with E-state index < -0.39 is 5.97 Å². The molecule has 6 heteroatoms. The van der Waals surface area contributed by atoms with E-state index in [1.165, 1.54) is 12.3 Å². The molecule has 2 N–H and O–H groups in total. The number of hydrogen-bond acceptors (Lipinski definition) is 4. The number of aryl methyl sites for hydroxylation is 2. The molecule has 0 saturated carbocycles. The van der Waals surface area contributed by atoms with Gasteiger partial charge in [-0.2, -0.15) is 0 Å². The lowest BCUT2D eigenvalue weighted by Crippen LogP contribution is -2.26. The highest BCUT2D eigenvalue weighted by molar-refractivity contribution is 6.57. The molecule has 0 spiro atoms. The van der Waals surface area contributed by atoms with E-state index in [4.69, 9.17) is 9.83 Å². The van der Waals surface area contributed by atoms with Gasteiger partial charge in [0.1, 0.15) is 11.3 Å². The van der Waals surface area contributed by atoms with Crippen LogP contribution in [0.2, 0.25) is 0 Å². The third-order valence-corrected chi connectivity index (χ3v) is 6.71. The van der Waals surface area contributed by atoms with Crippen molar-refractivity contribution in [2.75, 3.05) is 0 Å². The molecule has 0 saturated heterocycles. The highest BCUT2D eigenvalue weighted by atomic mass is 16.4. The van der Waals surface area contributed by atoms with Crippen molar-refractivity contribution in [2.24, 2.45) is 5.92 Å². The van der Waals surface area contributed by atoms with Crippen LogP contribution in [0.4, 0.5) is 0 Å². The maximum absolute atomic E-state index is 13.3. The lowest BCUT2D eigenvalue weighted by Gasteiger charge is -2.17. The fraction of sp³-hybridized carbons (Fsp3) is 0.258. The number of aromatic carboxylic acids is 1. The van der Waals surface area contributed by atoms with Crippen molar-refractivity contribution in [1.82, 2.24) is 0 Å². The van der Waals surface area contributed by atoms with Crippen molar-refractivity contribution in [2.45, 2.75) is 46.4 Å². The average Bonchev–Trinajstić information content (AvgIpc) is 2.87. The maximum atomic E-state index is 13.3. The van der Waals surface area contributed by atoms with Gasteiger partial charge in [-0.25, -0.2) is 4.79 Å². The first-order chi connectivity index (χ1) is 17.7. The first-order valence-electron chi connectivity index (χ1n) is 12.6. The second-order valence-corrected chi connectivity index (χ2v) is 10.0. The van der Waals surface area contributed by atoms with Crippen molar-refractivity contribution in [3.8, 4) is 11.3 Å². The maximum Gasteiger partial charge on any atom is 0.335 e. The molecule has 0 amide bonds. The molecular weight excluding hydrogens is 461 g/mol. The minimum Gasteiger partial charge on any atom is -0.478 e. The number of nitrogens with one attached hydrogen (secondary N) is 1. The van der Waals surface area contributed by atoms with E-state index >= 15 is 0 Å². The van der Waals surface area contributed by atoms with Crippen LogP contribution in [0.3, 0.4) is 0 Å². The third-order valence-electron chi connectivity index (χ3n) is 6.71. The molecule has 37 heavy (non-hydrogen) atoms. The molecule has 1 aromatic heterocycles. The summed E-state index contributed by atoms with van der Waals surface area (Å²) in [7, 11) is 1.89. The van der Waals surface area contributed by atoms with Gasteiger partial charge in [-0.15, -0.1) is 0 Å². The molecule has 1 heterocycles. The van der Waals surface area contributed by atoms with E-state index in [0.29, 0.717) is 28.1 Å². The summed E-state index contributed by atoms with van der Waals surface area (Å²) in [5.41, 5.74) is 5.42. The monoisotopic (exact) mass is 492 g/mol. The third kappa shape index (κ3) is 5.58. The van der Waals surface area contributed by atoms with Crippen molar-refractivity contribution >= 4 is 35.9 Å². The van der Waals surface area contributed by atoms with Gasteiger partial charge in [-0.1, -0.05) is 68.7 Å². The van der Waals surface area contributed by atoms with Crippen LogP contribution in [0.15, 0.2) is 69.9 Å². The van der Waals surface area contributed by atoms with Crippen LogP contribution < -0.4 is 10.9 Å². The van der Waals surface area contributed by atoms with Gasteiger partial charge in [0.05, 0.1) is 10.9 Å². The summed E-state index contributed by atoms with van der Waals surface area (Å²) in [6.07, 6.45) is 3.18. The molecule has 0 aliphatic carbocycles. The zero-order valence-electron chi connectivity index (χ0n) is 21.7. The molecule has 3 aromatic carbocycles. The molecular formula is C31H31BNO4. The van der Waals surface area contributed by atoms with Gasteiger partial charge in [0.25, 0.3) is 0 Å². The summed E-state index contributed by atoms with van der Waals surface area (Å²) >= 11 is 0. The van der Waals surface area contributed by atoms with E-state index in [2.05, 4.69) is 13.8 Å². The predicted molar refractivity (Wildman–Crippen MR) is 151 cm³/mol. The minimum atomic E-state index is -0.988. The summed E-state index contributed by atoms with van der Waals surface area (Å²) in [6, 6.07) is 18.0. The number of fused-ring (bicyclic) bond motifs is 1. The summed E-state index contributed by atoms with van der Waals surface area (Å²) in [5, 5.41) is 18.2. The number of benzene rings is 3. The highest BCUT2D eigenvalue weighted by Gasteiger charge is 2.21. The fourth-order valence-corrected chi connectivity index (χ4v) is 4.76. The van der Waals surface area contributed by atoms with Crippen molar-refractivity contribution in [1.29, 1.82) is 5.41 Å². The number of hydrogen-bond donors (Lipinski definition) is 2. The minimum absolute atomic E-state index is 0.150. The molecule has 4 aromatic rings. The number of rotatable bonds is 9. The summed E-state index contributed by atoms with van der Waals surface area (Å²) in [4.78, 5) is 25.0. The average molecular weight is 492 g/mol.